The highest BCUT2D eigenvalue weighted by Crippen LogP contribution is 2.44. The maximum absolute atomic E-state index is 14.6. The molecule has 0 bridgehead atoms. The summed E-state index contributed by atoms with van der Waals surface area (Å²) in [6.45, 7) is -0.859. The minimum absolute atomic E-state index is 0.0815. The summed E-state index contributed by atoms with van der Waals surface area (Å²) in [5.74, 6) is -1.02. The molecule has 0 unspecified atom stereocenters. The van der Waals surface area contributed by atoms with Gasteiger partial charge in [0.05, 0.1) is 12.1 Å². The summed E-state index contributed by atoms with van der Waals surface area (Å²) in [4.78, 5) is 36.7. The first-order valence-electron chi connectivity index (χ1n) is 10.7. The second-order valence-corrected chi connectivity index (χ2v) is 7.90. The number of nitrogens with one attached hydrogen (secondary N) is 1. The van der Waals surface area contributed by atoms with Gasteiger partial charge in [-0.3, -0.25) is 14.9 Å². The summed E-state index contributed by atoms with van der Waals surface area (Å²) in [5.41, 5.74) is 4.04. The molecule has 0 aromatic heterocycles. The number of hydrogen-bond donors (Lipinski definition) is 2. The number of aliphatic carboxylic acids is 1. The number of benzene rings is 3. The van der Waals surface area contributed by atoms with Crippen LogP contribution in [0, 0.1) is 18.2 Å². The fourth-order valence-corrected chi connectivity index (χ4v) is 4.16. The number of amides is 2. The van der Waals surface area contributed by atoms with Crippen LogP contribution in [0.5, 0.6) is 0 Å². The Bertz CT molecular complexity index is 1300. The summed E-state index contributed by atoms with van der Waals surface area (Å²) in [6.07, 6.45) is 4.40. The fourth-order valence-electron chi connectivity index (χ4n) is 4.16. The van der Waals surface area contributed by atoms with Crippen LogP contribution in [0.3, 0.4) is 0 Å². The quantitative estimate of drug-likeness (QED) is 0.499. The standard InChI is InChI=1S/C27H21FN2O5/c1-2-13-30(15-25(31)32)26(33)22-12-11-17(14-24(22)28)29-27(34)35-16-23-20-9-5-3-7-18(20)19-8-4-6-10-21(19)23/h1,3-12,14,23H,13,15-16H2,(H,29,34)(H,31,32). The highest BCUT2D eigenvalue weighted by Gasteiger charge is 2.29. The van der Waals surface area contributed by atoms with Crippen LogP contribution >= 0.6 is 0 Å². The summed E-state index contributed by atoms with van der Waals surface area (Å²) in [5, 5.41) is 11.4. The summed E-state index contributed by atoms with van der Waals surface area (Å²) in [7, 11) is 0. The number of ether oxygens (including phenoxy) is 1. The van der Waals surface area contributed by atoms with Crippen LogP contribution in [-0.2, 0) is 9.53 Å². The minimum atomic E-state index is -1.28. The second-order valence-electron chi connectivity index (χ2n) is 7.90. The van der Waals surface area contributed by atoms with Gasteiger partial charge in [-0.2, -0.15) is 0 Å². The first-order chi connectivity index (χ1) is 16.9. The van der Waals surface area contributed by atoms with Crippen LogP contribution in [0.25, 0.3) is 11.1 Å². The topological polar surface area (TPSA) is 95.9 Å². The van der Waals surface area contributed by atoms with Gasteiger partial charge in [-0.15, -0.1) is 6.42 Å². The molecule has 2 N–H and O–H groups in total. The zero-order valence-electron chi connectivity index (χ0n) is 18.5. The number of anilines is 1. The number of nitrogens with zero attached hydrogens (tertiary/aromatic N) is 1. The monoisotopic (exact) mass is 472 g/mol. The Labute approximate surface area is 201 Å². The van der Waals surface area contributed by atoms with E-state index in [1.165, 1.54) is 6.07 Å². The van der Waals surface area contributed by atoms with Crippen LogP contribution < -0.4 is 5.32 Å². The Morgan fingerprint density at radius 1 is 1.03 bits per heavy atom. The van der Waals surface area contributed by atoms with E-state index in [9.17, 15) is 18.8 Å². The number of carboxylic acid groups (broad SMARTS) is 1. The highest BCUT2D eigenvalue weighted by molar-refractivity contribution is 5.97. The van der Waals surface area contributed by atoms with Crippen molar-refractivity contribution in [2.75, 3.05) is 25.0 Å². The number of hydrogen-bond acceptors (Lipinski definition) is 4. The van der Waals surface area contributed by atoms with Gasteiger partial charge in [-0.25, -0.2) is 9.18 Å². The maximum atomic E-state index is 14.6. The van der Waals surface area contributed by atoms with Crippen molar-refractivity contribution in [3.8, 4) is 23.5 Å². The van der Waals surface area contributed by atoms with E-state index >= 15 is 0 Å². The van der Waals surface area contributed by atoms with E-state index in [2.05, 4.69) is 11.2 Å². The number of carboxylic acids is 1. The van der Waals surface area contributed by atoms with E-state index in [1.54, 1.807) is 0 Å². The van der Waals surface area contributed by atoms with Crippen LogP contribution in [0.15, 0.2) is 66.7 Å². The number of halogens is 1. The van der Waals surface area contributed by atoms with Crippen LogP contribution in [0.1, 0.15) is 27.4 Å². The molecule has 0 spiro atoms. The Kier molecular flexibility index (Phi) is 6.78. The van der Waals surface area contributed by atoms with Crippen LogP contribution in [0.4, 0.5) is 14.9 Å². The molecule has 0 aliphatic heterocycles. The van der Waals surface area contributed by atoms with E-state index < -0.39 is 30.3 Å². The average Bonchev–Trinajstić information content (AvgIpc) is 3.16. The molecule has 0 saturated carbocycles. The lowest BCUT2D eigenvalue weighted by Gasteiger charge is -2.18. The van der Waals surface area contributed by atoms with Crippen molar-refractivity contribution in [2.45, 2.75) is 5.92 Å². The molecule has 4 rings (SSSR count). The normalized spacial score (nSPS) is 11.7. The SMILES string of the molecule is C#CCN(CC(=O)O)C(=O)c1ccc(NC(=O)OCC2c3ccccc3-c3ccccc32)cc1F. The van der Waals surface area contributed by atoms with Gasteiger partial charge in [0.1, 0.15) is 19.0 Å². The lowest BCUT2D eigenvalue weighted by atomic mass is 9.98. The zero-order chi connectivity index (χ0) is 24.9. The molecule has 176 valence electrons. The molecule has 3 aromatic carbocycles. The van der Waals surface area contributed by atoms with E-state index in [1.807, 2.05) is 48.5 Å². The molecule has 7 nitrogen and oxygen atoms in total. The average molecular weight is 472 g/mol. The Morgan fingerprint density at radius 3 is 2.23 bits per heavy atom. The first-order valence-corrected chi connectivity index (χ1v) is 10.7. The van der Waals surface area contributed by atoms with Gasteiger partial charge < -0.3 is 14.7 Å². The summed E-state index contributed by atoms with van der Waals surface area (Å²) in [6, 6.07) is 19.3. The second kappa shape index (κ2) is 10.1. The fraction of sp³-hybridized carbons (Fsp3) is 0.148. The summed E-state index contributed by atoms with van der Waals surface area (Å²) < 4.78 is 20.1. The van der Waals surface area contributed by atoms with E-state index in [0.29, 0.717) is 0 Å². The van der Waals surface area contributed by atoms with E-state index in [4.69, 9.17) is 16.3 Å². The Balaban J connectivity index is 1.42. The van der Waals surface area contributed by atoms with E-state index in [0.717, 1.165) is 39.3 Å². The lowest BCUT2D eigenvalue weighted by molar-refractivity contribution is -0.137. The molecule has 0 atom stereocenters. The predicted molar refractivity (Wildman–Crippen MR) is 127 cm³/mol. The number of carbonyl (C=O) groups is 3. The summed E-state index contributed by atoms with van der Waals surface area (Å²) >= 11 is 0. The Hall–Kier alpha value is -4.64. The maximum Gasteiger partial charge on any atom is 0.411 e. The third-order valence-electron chi connectivity index (χ3n) is 5.69. The van der Waals surface area contributed by atoms with Crippen molar-refractivity contribution < 1.29 is 28.6 Å². The number of rotatable bonds is 7. The molecule has 35 heavy (non-hydrogen) atoms. The minimum Gasteiger partial charge on any atom is -0.480 e. The largest absolute Gasteiger partial charge is 0.480 e. The van der Waals surface area contributed by atoms with Gasteiger partial charge in [0.2, 0.25) is 0 Å². The van der Waals surface area contributed by atoms with Crippen molar-refractivity contribution in [1.29, 1.82) is 0 Å². The highest BCUT2D eigenvalue weighted by atomic mass is 19.1. The number of terminal acetylenes is 1. The van der Waals surface area contributed by atoms with Gasteiger partial charge in [-0.05, 0) is 40.5 Å². The van der Waals surface area contributed by atoms with Crippen LogP contribution in [0.2, 0.25) is 0 Å². The third-order valence-corrected chi connectivity index (χ3v) is 5.69. The molecule has 1 aliphatic carbocycles. The van der Waals surface area contributed by atoms with Crippen molar-refractivity contribution in [1.82, 2.24) is 4.90 Å². The van der Waals surface area contributed by atoms with Crippen molar-refractivity contribution in [3.63, 3.8) is 0 Å². The van der Waals surface area contributed by atoms with Gasteiger partial charge in [0.15, 0.2) is 0 Å². The zero-order valence-corrected chi connectivity index (χ0v) is 18.5. The third kappa shape index (κ3) is 4.99. The molecule has 0 radical (unpaired) electrons. The first kappa shape index (κ1) is 23.5. The van der Waals surface area contributed by atoms with E-state index in [-0.39, 0.29) is 30.3 Å². The van der Waals surface area contributed by atoms with Gasteiger partial charge in [-0.1, -0.05) is 54.5 Å². The Morgan fingerprint density at radius 2 is 1.66 bits per heavy atom. The molecule has 2 amide bonds. The lowest BCUT2D eigenvalue weighted by Crippen LogP contribution is -2.36. The molecule has 0 saturated heterocycles. The molecule has 3 aromatic rings. The molecular weight excluding hydrogens is 451 g/mol. The predicted octanol–water partition coefficient (Wildman–Crippen LogP) is 4.35. The van der Waals surface area contributed by atoms with Crippen molar-refractivity contribution in [3.05, 3.63) is 89.2 Å². The van der Waals surface area contributed by atoms with Crippen molar-refractivity contribution in [2.24, 2.45) is 0 Å². The van der Waals surface area contributed by atoms with Gasteiger partial charge in [0, 0.05) is 11.6 Å². The van der Waals surface area contributed by atoms with Gasteiger partial charge >= 0.3 is 12.1 Å². The number of fused-ring (bicyclic) bond motifs is 3. The molecular formula is C27H21FN2O5. The van der Waals surface area contributed by atoms with Crippen molar-refractivity contribution >= 4 is 23.7 Å². The molecule has 1 aliphatic rings. The molecule has 0 heterocycles. The smallest absolute Gasteiger partial charge is 0.411 e. The van der Waals surface area contributed by atoms with Gasteiger partial charge in [0.25, 0.3) is 5.91 Å². The van der Waals surface area contributed by atoms with Crippen LogP contribution in [-0.4, -0.2) is 47.7 Å². The number of carbonyl (C=O) groups excluding carboxylic acids is 2. The molecule has 8 heteroatoms. The molecule has 0 fully saturated rings.